The van der Waals surface area contributed by atoms with Crippen LogP contribution in [0.1, 0.15) is 37.0 Å². The van der Waals surface area contributed by atoms with Crippen molar-refractivity contribution in [2.75, 3.05) is 13.2 Å². The number of esters is 1. The maximum absolute atomic E-state index is 13.0. The first-order chi connectivity index (χ1) is 13.9. The smallest absolute Gasteiger partial charge is 0.302 e. The number of pyridine rings is 2. The molecule has 0 unspecified atom stereocenters. The molecule has 0 bridgehead atoms. The van der Waals surface area contributed by atoms with E-state index in [-0.39, 0.29) is 40.8 Å². The zero-order valence-electron chi connectivity index (χ0n) is 16.4. The van der Waals surface area contributed by atoms with Gasteiger partial charge in [-0.05, 0) is 24.6 Å². The van der Waals surface area contributed by atoms with Crippen LogP contribution in [0.25, 0.3) is 16.7 Å². The minimum atomic E-state index is -0.451. The molecule has 29 heavy (non-hydrogen) atoms. The summed E-state index contributed by atoms with van der Waals surface area (Å²) in [5, 5.41) is 11.5. The average molecular weight is 397 g/mol. The molecule has 2 N–H and O–H groups in total. The summed E-state index contributed by atoms with van der Waals surface area (Å²) in [6.07, 6.45) is 3.34. The summed E-state index contributed by atoms with van der Waals surface area (Å²) in [6, 6.07) is 6.57. The first kappa shape index (κ1) is 20.2. The minimum Gasteiger partial charge on any atom is -0.464 e. The lowest BCUT2D eigenvalue weighted by Crippen LogP contribution is -2.36. The maximum atomic E-state index is 13.0. The Bertz CT molecular complexity index is 1200. The van der Waals surface area contributed by atoms with Crippen LogP contribution in [0.4, 0.5) is 0 Å². The van der Waals surface area contributed by atoms with Gasteiger partial charge in [-0.3, -0.25) is 24.2 Å². The van der Waals surface area contributed by atoms with Crippen LogP contribution in [0.5, 0.6) is 0 Å². The molecule has 3 aromatic heterocycles. The van der Waals surface area contributed by atoms with Crippen LogP contribution < -0.4 is 16.4 Å². The van der Waals surface area contributed by atoms with Crippen molar-refractivity contribution in [2.45, 2.75) is 33.2 Å². The van der Waals surface area contributed by atoms with E-state index in [0.717, 1.165) is 12.8 Å². The Morgan fingerprint density at radius 1 is 1.31 bits per heavy atom. The molecule has 9 nitrogen and oxygen atoms in total. The lowest BCUT2D eigenvalue weighted by Gasteiger charge is -2.14. The van der Waals surface area contributed by atoms with Crippen LogP contribution in [0, 0.1) is 5.41 Å². The quantitative estimate of drug-likeness (QED) is 0.353. The topological polar surface area (TPSA) is 119 Å². The van der Waals surface area contributed by atoms with Gasteiger partial charge in [0, 0.05) is 19.7 Å². The molecule has 0 saturated heterocycles. The maximum Gasteiger partial charge on any atom is 0.302 e. The fourth-order valence-electron chi connectivity index (χ4n) is 3.03. The summed E-state index contributed by atoms with van der Waals surface area (Å²) in [5.74, 6) is -0.877. The molecule has 0 aromatic carbocycles. The summed E-state index contributed by atoms with van der Waals surface area (Å²) >= 11 is 0. The fourth-order valence-corrected chi connectivity index (χ4v) is 3.03. The van der Waals surface area contributed by atoms with Crippen LogP contribution in [-0.2, 0) is 16.1 Å². The Morgan fingerprint density at radius 3 is 2.83 bits per heavy atom. The van der Waals surface area contributed by atoms with E-state index in [2.05, 4.69) is 10.3 Å². The second kappa shape index (κ2) is 8.68. The van der Waals surface area contributed by atoms with Gasteiger partial charge in [0.05, 0.1) is 17.5 Å². The summed E-state index contributed by atoms with van der Waals surface area (Å²) in [7, 11) is 0. The third kappa shape index (κ3) is 4.18. The summed E-state index contributed by atoms with van der Waals surface area (Å²) in [5.41, 5.74) is 0.334. The highest BCUT2D eigenvalue weighted by molar-refractivity contribution is 5.96. The number of amides is 1. The Balaban J connectivity index is 2.20. The Kier molecular flexibility index (Phi) is 6.06. The number of rotatable bonds is 7. The van der Waals surface area contributed by atoms with Crippen LogP contribution in [0.3, 0.4) is 0 Å². The zero-order valence-corrected chi connectivity index (χ0v) is 16.4. The molecule has 0 spiro atoms. The number of fused-ring (bicyclic) bond motifs is 2. The van der Waals surface area contributed by atoms with Crippen molar-refractivity contribution >= 4 is 28.6 Å². The van der Waals surface area contributed by atoms with Gasteiger partial charge in [-0.25, -0.2) is 4.98 Å². The molecule has 0 aliphatic carbocycles. The normalized spacial score (nSPS) is 11.0. The largest absolute Gasteiger partial charge is 0.464 e. The minimum absolute atomic E-state index is 0.00225. The van der Waals surface area contributed by atoms with Gasteiger partial charge in [0.15, 0.2) is 0 Å². The number of aromatic nitrogens is 3. The average Bonchev–Trinajstić information content (AvgIpc) is 2.69. The number of hydrogen-bond acceptors (Lipinski definition) is 6. The van der Waals surface area contributed by atoms with Gasteiger partial charge in [0.1, 0.15) is 23.4 Å². The highest BCUT2D eigenvalue weighted by Crippen LogP contribution is 2.10. The van der Waals surface area contributed by atoms with Gasteiger partial charge < -0.3 is 14.6 Å². The molecule has 3 heterocycles. The fraction of sp³-hybridized carbons (Fsp3) is 0.350. The predicted molar refractivity (Wildman–Crippen MR) is 107 cm³/mol. The Morgan fingerprint density at radius 2 is 2.10 bits per heavy atom. The summed E-state index contributed by atoms with van der Waals surface area (Å²) < 4.78 is 7.81. The number of nitrogens with one attached hydrogen (secondary N) is 2. The van der Waals surface area contributed by atoms with E-state index in [1.165, 1.54) is 22.0 Å². The molecule has 0 fully saturated rings. The lowest BCUT2D eigenvalue weighted by molar-refractivity contribution is -0.141. The standard InChI is InChI=1S/C20H23N5O4/c1-3-4-8-22-19(27)14-12-15-18(25(17(14)21)10-11-29-13(2)26)23-16-7-5-6-9-24(16)20(15)28/h5-7,9,12,21H,3-4,8,10-11H2,1-2H3,(H,22,27). The molecule has 0 radical (unpaired) electrons. The number of carbonyl (C=O) groups excluding carboxylic acids is 2. The van der Waals surface area contributed by atoms with Gasteiger partial charge >= 0.3 is 5.97 Å². The monoisotopic (exact) mass is 397 g/mol. The van der Waals surface area contributed by atoms with Crippen molar-refractivity contribution in [3.05, 3.63) is 51.9 Å². The van der Waals surface area contributed by atoms with E-state index in [4.69, 9.17) is 10.1 Å². The number of carbonyl (C=O) groups is 2. The number of nitrogens with zero attached hydrogens (tertiary/aromatic N) is 3. The molecule has 0 aliphatic heterocycles. The van der Waals surface area contributed by atoms with E-state index in [9.17, 15) is 14.4 Å². The predicted octanol–water partition coefficient (Wildman–Crippen LogP) is 1.22. The van der Waals surface area contributed by atoms with E-state index in [1.807, 2.05) is 6.92 Å². The molecule has 3 rings (SSSR count). The Hall–Kier alpha value is -3.49. The zero-order chi connectivity index (χ0) is 21.0. The van der Waals surface area contributed by atoms with Crippen LogP contribution in [-0.4, -0.2) is 39.0 Å². The molecular weight excluding hydrogens is 374 g/mol. The van der Waals surface area contributed by atoms with Crippen molar-refractivity contribution in [1.82, 2.24) is 19.3 Å². The van der Waals surface area contributed by atoms with E-state index >= 15 is 0 Å². The van der Waals surface area contributed by atoms with E-state index in [0.29, 0.717) is 12.2 Å². The molecule has 9 heteroatoms. The number of unbranched alkanes of at least 4 members (excludes halogenated alkanes) is 1. The molecule has 0 saturated carbocycles. The van der Waals surface area contributed by atoms with Gasteiger partial charge in [-0.15, -0.1) is 0 Å². The molecular formula is C20H23N5O4. The highest BCUT2D eigenvalue weighted by Gasteiger charge is 2.17. The van der Waals surface area contributed by atoms with Crippen molar-refractivity contribution < 1.29 is 14.3 Å². The van der Waals surface area contributed by atoms with Gasteiger partial charge in [-0.2, -0.15) is 0 Å². The van der Waals surface area contributed by atoms with Gasteiger partial charge in [0.25, 0.3) is 11.5 Å². The van der Waals surface area contributed by atoms with Crippen molar-refractivity contribution in [2.24, 2.45) is 0 Å². The third-order valence-corrected chi connectivity index (χ3v) is 4.50. The Labute approximate surface area is 166 Å². The number of hydrogen-bond donors (Lipinski definition) is 2. The SMILES string of the molecule is CCCCNC(=O)c1cc2c(=O)n3ccccc3nc2n(CCOC(C)=O)c1=N. The molecule has 1 amide bonds. The van der Waals surface area contributed by atoms with Crippen LogP contribution >= 0.6 is 0 Å². The number of ether oxygens (including phenoxy) is 1. The van der Waals surface area contributed by atoms with Crippen molar-refractivity contribution in [1.29, 1.82) is 5.41 Å². The first-order valence-electron chi connectivity index (χ1n) is 9.45. The van der Waals surface area contributed by atoms with Crippen LogP contribution in [0.2, 0.25) is 0 Å². The van der Waals surface area contributed by atoms with E-state index in [1.54, 1.807) is 24.4 Å². The molecule has 0 atom stereocenters. The lowest BCUT2D eigenvalue weighted by atomic mass is 10.2. The second-order valence-electron chi connectivity index (χ2n) is 6.59. The molecule has 152 valence electrons. The van der Waals surface area contributed by atoms with Crippen molar-refractivity contribution in [3.63, 3.8) is 0 Å². The van der Waals surface area contributed by atoms with Gasteiger partial charge in [-0.1, -0.05) is 19.4 Å². The second-order valence-corrected chi connectivity index (χ2v) is 6.59. The third-order valence-electron chi connectivity index (χ3n) is 4.50. The molecule has 0 aliphatic rings. The van der Waals surface area contributed by atoms with Gasteiger partial charge in [0.2, 0.25) is 0 Å². The highest BCUT2D eigenvalue weighted by atomic mass is 16.5. The van der Waals surface area contributed by atoms with Crippen molar-refractivity contribution in [3.8, 4) is 0 Å². The molecule has 3 aromatic rings. The van der Waals surface area contributed by atoms with E-state index < -0.39 is 11.9 Å². The first-order valence-corrected chi connectivity index (χ1v) is 9.45. The summed E-state index contributed by atoms with van der Waals surface area (Å²) in [6.45, 7) is 3.88. The summed E-state index contributed by atoms with van der Waals surface area (Å²) in [4.78, 5) is 41.3. The van der Waals surface area contributed by atoms with Crippen LogP contribution in [0.15, 0.2) is 35.3 Å².